The molecule has 0 saturated carbocycles. The molecule has 7 N–H and O–H groups in total. The first-order chi connectivity index (χ1) is 19.2. The number of carbonyl (C=O) groups is 4. The molecule has 0 spiro atoms. The number of fused-ring (bicyclic) bond motifs is 2. The predicted octanol–water partition coefficient (Wildman–Crippen LogP) is 1.68. The number of nitrogens with two attached hydrogens (primary N) is 1. The number of benzene rings is 3. The molecule has 0 saturated heterocycles. The first-order valence-corrected chi connectivity index (χ1v) is 12.7. The van der Waals surface area contributed by atoms with Crippen molar-refractivity contribution in [3.05, 3.63) is 70.4 Å². The minimum Gasteiger partial charge on any atom is -0.508 e. The van der Waals surface area contributed by atoms with Crippen LogP contribution in [0, 0.1) is 0 Å². The number of aromatic carboxylic acids is 1. The number of thioether (sulfide) groups is 1. The maximum Gasteiger partial charge on any atom is 0.336 e. The van der Waals surface area contributed by atoms with Gasteiger partial charge in [0, 0.05) is 34.3 Å². The number of nitrogens with one attached hydrogen (secondary N) is 3. The SMILES string of the molecule is NOCC(=O)NNC(=O)CSCC(=O)Nc1ccc(-c2c3ccc(=O)cc-3oc3cc(O)ccc23)c(C(=O)O)c1. The van der Waals surface area contributed by atoms with Crippen molar-refractivity contribution in [3.8, 4) is 28.2 Å². The summed E-state index contributed by atoms with van der Waals surface area (Å²) in [5, 5.41) is 23.1. The van der Waals surface area contributed by atoms with Crippen LogP contribution in [0.1, 0.15) is 10.4 Å². The highest BCUT2D eigenvalue weighted by molar-refractivity contribution is 8.00. The van der Waals surface area contributed by atoms with Gasteiger partial charge in [-0.3, -0.25) is 34.9 Å². The van der Waals surface area contributed by atoms with Crippen molar-refractivity contribution < 1.29 is 38.6 Å². The molecule has 1 aliphatic heterocycles. The number of anilines is 1. The van der Waals surface area contributed by atoms with Gasteiger partial charge in [0.1, 0.15) is 23.7 Å². The summed E-state index contributed by atoms with van der Waals surface area (Å²) in [4.78, 5) is 63.8. The fourth-order valence-electron chi connectivity index (χ4n) is 3.89. The molecule has 3 amide bonds. The van der Waals surface area contributed by atoms with Gasteiger partial charge in [-0.05, 0) is 42.0 Å². The highest BCUT2D eigenvalue weighted by Gasteiger charge is 2.22. The number of carboxylic acid groups (broad SMARTS) is 1. The molecule has 40 heavy (non-hydrogen) atoms. The second kappa shape index (κ2) is 12.3. The van der Waals surface area contributed by atoms with Crippen LogP contribution in [-0.4, -0.2) is 52.0 Å². The number of hydrogen-bond donors (Lipinski definition) is 6. The first-order valence-electron chi connectivity index (χ1n) is 11.5. The Bertz CT molecular complexity index is 1650. The molecule has 13 nitrogen and oxygen atoms in total. The number of aromatic hydroxyl groups is 1. The molecule has 0 unspecified atom stereocenters. The normalized spacial score (nSPS) is 10.8. The smallest absolute Gasteiger partial charge is 0.336 e. The summed E-state index contributed by atoms with van der Waals surface area (Å²) in [6.07, 6.45) is 0. The molecular weight excluding hydrogens is 544 g/mol. The van der Waals surface area contributed by atoms with Gasteiger partial charge in [-0.2, -0.15) is 0 Å². The number of phenolic OH excluding ortho intramolecular Hbond substituents is 1. The topological polar surface area (TPSA) is 210 Å². The maximum absolute atomic E-state index is 12.4. The zero-order valence-electron chi connectivity index (χ0n) is 20.6. The van der Waals surface area contributed by atoms with Crippen LogP contribution in [0.5, 0.6) is 5.75 Å². The lowest BCUT2D eigenvalue weighted by atomic mass is 9.90. The minimum atomic E-state index is -1.26. The number of carbonyl (C=O) groups excluding carboxylic acids is 3. The lowest BCUT2D eigenvalue weighted by molar-refractivity contribution is -0.130. The molecule has 0 fully saturated rings. The largest absolute Gasteiger partial charge is 0.508 e. The van der Waals surface area contributed by atoms with Crippen molar-refractivity contribution in [2.24, 2.45) is 5.90 Å². The third-order valence-corrected chi connectivity index (χ3v) is 6.43. The minimum absolute atomic E-state index is 0.0716. The Morgan fingerprint density at radius 1 is 0.900 bits per heavy atom. The van der Waals surface area contributed by atoms with Crippen molar-refractivity contribution in [3.63, 3.8) is 0 Å². The van der Waals surface area contributed by atoms with Gasteiger partial charge in [-0.25, -0.2) is 10.7 Å². The fourth-order valence-corrected chi connectivity index (χ4v) is 4.50. The Hall–Kier alpha value is -4.92. The summed E-state index contributed by atoms with van der Waals surface area (Å²) >= 11 is 0.965. The van der Waals surface area contributed by atoms with Crippen molar-refractivity contribution in [2.45, 2.75) is 0 Å². The molecule has 4 rings (SSSR count). The average Bonchev–Trinajstić information content (AvgIpc) is 2.90. The zero-order valence-corrected chi connectivity index (χ0v) is 21.4. The van der Waals surface area contributed by atoms with Crippen LogP contribution in [0.15, 0.2) is 63.8 Å². The predicted molar refractivity (Wildman–Crippen MR) is 146 cm³/mol. The summed E-state index contributed by atoms with van der Waals surface area (Å²) in [6, 6.07) is 12.9. The summed E-state index contributed by atoms with van der Waals surface area (Å²) in [6.45, 7) is -0.441. The molecule has 14 heteroatoms. The van der Waals surface area contributed by atoms with Crippen LogP contribution in [0.25, 0.3) is 33.4 Å². The fraction of sp³-hybridized carbons (Fsp3) is 0.115. The Labute approximate surface area is 229 Å². The molecule has 1 heterocycles. The van der Waals surface area contributed by atoms with Gasteiger partial charge in [0.15, 0.2) is 5.43 Å². The molecule has 2 aliphatic rings. The van der Waals surface area contributed by atoms with Crippen molar-refractivity contribution >= 4 is 52.1 Å². The Balaban J connectivity index is 1.56. The summed E-state index contributed by atoms with van der Waals surface area (Å²) in [5.41, 5.74) is 5.48. The molecule has 0 aromatic heterocycles. The first kappa shape index (κ1) is 28.1. The van der Waals surface area contributed by atoms with E-state index in [1.807, 2.05) is 0 Å². The van der Waals surface area contributed by atoms with Gasteiger partial charge >= 0.3 is 5.97 Å². The summed E-state index contributed by atoms with van der Waals surface area (Å²) in [5.74, 6) is 1.65. The van der Waals surface area contributed by atoms with Gasteiger partial charge in [0.25, 0.3) is 5.91 Å². The third-order valence-electron chi connectivity index (χ3n) is 5.50. The molecule has 206 valence electrons. The number of carboxylic acids is 1. The molecule has 1 aliphatic carbocycles. The van der Waals surface area contributed by atoms with Gasteiger partial charge in [-0.1, -0.05) is 6.07 Å². The highest BCUT2D eigenvalue weighted by atomic mass is 32.2. The molecule has 0 bridgehead atoms. The zero-order chi connectivity index (χ0) is 28.8. The molecule has 0 atom stereocenters. The second-order valence-corrected chi connectivity index (χ2v) is 9.31. The molecule has 2 aromatic rings. The number of hydrogen-bond acceptors (Lipinski definition) is 10. The number of rotatable bonds is 9. The summed E-state index contributed by atoms with van der Waals surface area (Å²) in [7, 11) is 0. The second-order valence-electron chi connectivity index (χ2n) is 8.33. The maximum atomic E-state index is 12.4. The molecule has 0 radical (unpaired) electrons. The number of amides is 3. The highest BCUT2D eigenvalue weighted by Crippen LogP contribution is 2.42. The quantitative estimate of drug-likeness (QED) is 0.127. The standard InChI is InChI=1S/C26H22N4O9S/c27-38-10-22(33)29-30-24(35)12-40-11-23(34)28-13-1-4-16(19(7-13)26(36)37)25-17-5-2-14(31)8-20(17)39-21-9-15(32)3-6-18(21)25/h1-9,31H,10-12,27H2,(H,28,34)(H,29,33)(H,30,35)(H,36,37). The van der Waals surface area contributed by atoms with Crippen LogP contribution in [0.2, 0.25) is 0 Å². The van der Waals surface area contributed by atoms with E-state index in [4.69, 9.17) is 10.3 Å². The van der Waals surface area contributed by atoms with E-state index in [-0.39, 0.29) is 45.3 Å². The van der Waals surface area contributed by atoms with Gasteiger partial charge in [0.2, 0.25) is 11.8 Å². The molecular formula is C26H22N4O9S. The van der Waals surface area contributed by atoms with E-state index in [0.29, 0.717) is 22.1 Å². The van der Waals surface area contributed by atoms with Crippen LogP contribution >= 0.6 is 11.8 Å². The monoisotopic (exact) mass is 566 g/mol. The van der Waals surface area contributed by atoms with Crippen molar-refractivity contribution in [1.82, 2.24) is 10.9 Å². The van der Waals surface area contributed by atoms with Crippen LogP contribution in [-0.2, 0) is 19.2 Å². The van der Waals surface area contributed by atoms with Gasteiger partial charge in [0.05, 0.1) is 17.1 Å². The van der Waals surface area contributed by atoms with Crippen LogP contribution in [0.4, 0.5) is 5.69 Å². The lowest BCUT2D eigenvalue weighted by Crippen LogP contribution is -2.44. The van der Waals surface area contributed by atoms with E-state index in [1.54, 1.807) is 6.07 Å². The van der Waals surface area contributed by atoms with E-state index >= 15 is 0 Å². The van der Waals surface area contributed by atoms with E-state index in [2.05, 4.69) is 21.0 Å². The van der Waals surface area contributed by atoms with Crippen molar-refractivity contribution in [1.29, 1.82) is 0 Å². The van der Waals surface area contributed by atoms with E-state index < -0.39 is 30.3 Å². The van der Waals surface area contributed by atoms with Gasteiger partial charge in [-0.15, -0.1) is 11.8 Å². The Morgan fingerprint density at radius 2 is 1.62 bits per heavy atom. The Kier molecular flexibility index (Phi) is 8.63. The van der Waals surface area contributed by atoms with Crippen molar-refractivity contribution in [2.75, 3.05) is 23.4 Å². The number of phenols is 1. The molecule has 2 aromatic carbocycles. The van der Waals surface area contributed by atoms with Crippen LogP contribution < -0.4 is 27.5 Å². The number of hydrazine groups is 1. The van der Waals surface area contributed by atoms with Gasteiger partial charge < -0.3 is 19.9 Å². The lowest BCUT2D eigenvalue weighted by Gasteiger charge is -2.17. The summed E-state index contributed by atoms with van der Waals surface area (Å²) < 4.78 is 5.81. The van der Waals surface area contributed by atoms with Crippen LogP contribution in [0.3, 0.4) is 0 Å². The third kappa shape index (κ3) is 6.55. The van der Waals surface area contributed by atoms with E-state index in [1.165, 1.54) is 48.5 Å². The van der Waals surface area contributed by atoms with E-state index in [0.717, 1.165) is 11.8 Å². The Morgan fingerprint density at radius 3 is 2.38 bits per heavy atom. The van der Waals surface area contributed by atoms with E-state index in [9.17, 15) is 34.2 Å². The average molecular weight is 567 g/mol.